The van der Waals surface area contributed by atoms with Gasteiger partial charge in [-0.2, -0.15) is 0 Å². The van der Waals surface area contributed by atoms with Gasteiger partial charge in [0.05, 0.1) is 23.0 Å². The predicted octanol–water partition coefficient (Wildman–Crippen LogP) is 2.19. The molecule has 0 bridgehead atoms. The third kappa shape index (κ3) is 4.98. The van der Waals surface area contributed by atoms with Crippen molar-refractivity contribution in [1.29, 1.82) is 0 Å². The van der Waals surface area contributed by atoms with Crippen LogP contribution in [0.15, 0.2) is 40.5 Å². The Morgan fingerprint density at radius 3 is 2.70 bits per heavy atom. The zero-order chi connectivity index (χ0) is 19.4. The number of nitrogens with two attached hydrogens (primary N) is 1. The normalized spacial score (nSPS) is 16.2. The van der Waals surface area contributed by atoms with Crippen LogP contribution in [0.5, 0.6) is 0 Å². The van der Waals surface area contributed by atoms with Crippen molar-refractivity contribution in [1.82, 2.24) is 14.7 Å². The maximum Gasteiger partial charge on any atom is 0.264 e. The molecular weight excluding hydrogens is 406 g/mol. The number of benzene rings is 1. The third-order valence-corrected chi connectivity index (χ3v) is 6.21. The SMILES string of the molecule is CC1(N)CCN(c2cnc(Sc3cccc(C(=O)N[SH]=O)c3Cl)cn2)CC1. The summed E-state index contributed by atoms with van der Waals surface area (Å²) in [6.07, 6.45) is 5.26. The summed E-state index contributed by atoms with van der Waals surface area (Å²) >= 11 is 7.16. The minimum atomic E-state index is -0.502. The fraction of sp³-hybridized carbons (Fsp3) is 0.353. The molecule has 1 aliphatic rings. The summed E-state index contributed by atoms with van der Waals surface area (Å²) in [5.41, 5.74) is 6.32. The van der Waals surface area contributed by atoms with Crippen molar-refractivity contribution in [2.75, 3.05) is 18.0 Å². The minimum absolute atomic E-state index is 0.112. The van der Waals surface area contributed by atoms with Crippen LogP contribution < -0.4 is 15.4 Å². The molecule has 2 heterocycles. The monoisotopic (exact) mass is 425 g/mol. The van der Waals surface area contributed by atoms with E-state index in [1.807, 2.05) is 0 Å². The molecule has 1 amide bonds. The van der Waals surface area contributed by atoms with Crippen LogP contribution in [0.3, 0.4) is 0 Å². The third-order valence-electron chi connectivity index (χ3n) is 4.41. The van der Waals surface area contributed by atoms with Crippen molar-refractivity contribution in [3.05, 3.63) is 41.2 Å². The number of amides is 1. The van der Waals surface area contributed by atoms with Gasteiger partial charge in [0.25, 0.3) is 5.91 Å². The van der Waals surface area contributed by atoms with Crippen molar-refractivity contribution in [2.45, 2.75) is 35.2 Å². The zero-order valence-electron chi connectivity index (χ0n) is 14.7. The molecule has 1 aliphatic heterocycles. The average Bonchev–Trinajstić information content (AvgIpc) is 2.64. The molecule has 0 spiro atoms. The lowest BCUT2D eigenvalue weighted by molar-refractivity contribution is 0.0983. The maximum atomic E-state index is 11.9. The fourth-order valence-electron chi connectivity index (χ4n) is 2.75. The first-order valence-corrected chi connectivity index (χ1v) is 10.4. The van der Waals surface area contributed by atoms with Gasteiger partial charge in [-0.3, -0.25) is 9.52 Å². The minimum Gasteiger partial charge on any atom is -0.355 e. The highest BCUT2D eigenvalue weighted by atomic mass is 35.5. The number of rotatable bonds is 5. The van der Waals surface area contributed by atoms with Crippen molar-refractivity contribution in [3.8, 4) is 0 Å². The quantitative estimate of drug-likeness (QED) is 0.631. The fourth-order valence-corrected chi connectivity index (χ4v) is 4.06. The van der Waals surface area contributed by atoms with Crippen LogP contribution in [0.25, 0.3) is 0 Å². The Hall–Kier alpha value is -1.68. The number of hydrogen-bond donors (Lipinski definition) is 3. The molecule has 1 aromatic carbocycles. The Morgan fingerprint density at radius 2 is 2.07 bits per heavy atom. The molecule has 144 valence electrons. The Kier molecular flexibility index (Phi) is 6.36. The molecule has 1 saturated heterocycles. The largest absolute Gasteiger partial charge is 0.355 e. The van der Waals surface area contributed by atoms with Crippen LogP contribution in [0.2, 0.25) is 5.02 Å². The number of nitrogens with zero attached hydrogens (tertiary/aromatic N) is 3. The van der Waals surface area contributed by atoms with E-state index in [1.54, 1.807) is 30.6 Å². The van der Waals surface area contributed by atoms with Gasteiger partial charge in [0.2, 0.25) is 0 Å². The van der Waals surface area contributed by atoms with Crippen LogP contribution in [0, 0.1) is 0 Å². The van der Waals surface area contributed by atoms with Crippen LogP contribution in [0.1, 0.15) is 30.1 Å². The predicted molar refractivity (Wildman–Crippen MR) is 109 cm³/mol. The van der Waals surface area contributed by atoms with E-state index in [0.717, 1.165) is 31.7 Å². The van der Waals surface area contributed by atoms with Crippen molar-refractivity contribution in [3.63, 3.8) is 0 Å². The van der Waals surface area contributed by atoms with Gasteiger partial charge in [-0.1, -0.05) is 29.4 Å². The Bertz CT molecular complexity index is 838. The van der Waals surface area contributed by atoms with E-state index in [4.69, 9.17) is 17.3 Å². The molecule has 0 atom stereocenters. The number of nitrogens with one attached hydrogen (secondary N) is 1. The van der Waals surface area contributed by atoms with E-state index in [9.17, 15) is 9.00 Å². The van der Waals surface area contributed by atoms with Gasteiger partial charge >= 0.3 is 0 Å². The standard InChI is InChI=1S/C17H20ClN5O2S2/c1-17(19)5-7-23(8-6-17)13-9-21-14(10-20-13)26-12-4-2-3-11(15(12)18)16(24)22-27-25/h2-4,9-10,27H,5-8,19H2,1H3,(H,22,24,25). The summed E-state index contributed by atoms with van der Waals surface area (Å²) in [5.74, 6) is 0.320. The number of aromatic nitrogens is 2. The molecule has 3 N–H and O–H groups in total. The summed E-state index contributed by atoms with van der Waals surface area (Å²) < 4.78 is 12.7. The number of piperidine rings is 1. The van der Waals surface area contributed by atoms with Gasteiger partial charge in [-0.15, -0.1) is 0 Å². The van der Waals surface area contributed by atoms with Gasteiger partial charge in [0.15, 0.2) is 0 Å². The zero-order valence-corrected chi connectivity index (χ0v) is 17.2. The van der Waals surface area contributed by atoms with Crippen molar-refractivity contribution >= 4 is 46.9 Å². The molecule has 7 nitrogen and oxygen atoms in total. The second-order valence-corrected chi connectivity index (χ2v) is 8.45. The topological polar surface area (TPSA) is 101 Å². The van der Waals surface area contributed by atoms with Gasteiger partial charge in [-0.05, 0) is 31.9 Å². The lowest BCUT2D eigenvalue weighted by atomic mass is 9.91. The second kappa shape index (κ2) is 8.55. The summed E-state index contributed by atoms with van der Waals surface area (Å²) in [6.45, 7) is 3.79. The van der Waals surface area contributed by atoms with Crippen LogP contribution in [-0.4, -0.2) is 38.7 Å². The Balaban J connectivity index is 1.71. The second-order valence-electron chi connectivity index (χ2n) is 6.61. The van der Waals surface area contributed by atoms with E-state index in [0.29, 0.717) is 9.92 Å². The smallest absolute Gasteiger partial charge is 0.264 e. The molecule has 1 fully saturated rings. The van der Waals surface area contributed by atoms with Crippen LogP contribution in [0.4, 0.5) is 5.82 Å². The highest BCUT2D eigenvalue weighted by Gasteiger charge is 2.26. The summed E-state index contributed by atoms with van der Waals surface area (Å²) in [7, 11) is 0. The molecule has 27 heavy (non-hydrogen) atoms. The number of halogens is 1. The van der Waals surface area contributed by atoms with E-state index in [1.165, 1.54) is 11.8 Å². The first-order valence-electron chi connectivity index (χ1n) is 8.34. The molecule has 10 heteroatoms. The van der Waals surface area contributed by atoms with E-state index in [-0.39, 0.29) is 16.1 Å². The molecule has 3 rings (SSSR count). The summed E-state index contributed by atoms with van der Waals surface area (Å²) in [6, 6.07) is 5.08. The maximum absolute atomic E-state index is 11.9. The molecule has 1 aromatic heterocycles. The number of anilines is 1. The first kappa shape index (κ1) is 20.1. The molecule has 0 saturated carbocycles. The Labute approximate surface area is 170 Å². The van der Waals surface area contributed by atoms with Crippen LogP contribution in [-0.2, 0) is 11.9 Å². The van der Waals surface area contributed by atoms with E-state index < -0.39 is 17.8 Å². The van der Waals surface area contributed by atoms with Crippen LogP contribution >= 0.6 is 23.4 Å². The van der Waals surface area contributed by atoms with Gasteiger partial charge in [0, 0.05) is 23.5 Å². The van der Waals surface area contributed by atoms with Crippen molar-refractivity contribution < 1.29 is 9.00 Å². The number of hydrogen-bond acceptors (Lipinski definition) is 7. The highest BCUT2D eigenvalue weighted by molar-refractivity contribution is 7.99. The lowest BCUT2D eigenvalue weighted by Gasteiger charge is -2.37. The summed E-state index contributed by atoms with van der Waals surface area (Å²) in [5, 5.41) is 0.952. The lowest BCUT2D eigenvalue weighted by Crippen LogP contribution is -2.48. The number of carbonyl (C=O) groups excluding carboxylic acids is 1. The number of thiol groups is 1. The van der Waals surface area contributed by atoms with Gasteiger partial charge in [-0.25, -0.2) is 14.2 Å². The van der Waals surface area contributed by atoms with Gasteiger partial charge < -0.3 is 10.6 Å². The molecule has 0 aliphatic carbocycles. The first-order chi connectivity index (χ1) is 12.9. The van der Waals surface area contributed by atoms with Gasteiger partial charge in [0.1, 0.15) is 22.7 Å². The Morgan fingerprint density at radius 1 is 1.33 bits per heavy atom. The molecular formula is C17H20ClN5O2S2. The molecule has 0 radical (unpaired) electrons. The van der Waals surface area contributed by atoms with E-state index >= 15 is 0 Å². The highest BCUT2D eigenvalue weighted by Crippen LogP contribution is 2.34. The molecule has 2 aromatic rings. The van der Waals surface area contributed by atoms with Crippen molar-refractivity contribution in [2.24, 2.45) is 5.73 Å². The average molecular weight is 426 g/mol. The van der Waals surface area contributed by atoms with E-state index in [2.05, 4.69) is 26.5 Å². The number of carbonyl (C=O) groups is 1. The summed E-state index contributed by atoms with van der Waals surface area (Å²) in [4.78, 5) is 23.7. The molecule has 0 unspecified atom stereocenters.